The number of rotatable bonds is 4. The van der Waals surface area contributed by atoms with E-state index in [-0.39, 0.29) is 4.90 Å². The van der Waals surface area contributed by atoms with Gasteiger partial charge < -0.3 is 5.11 Å². The van der Waals surface area contributed by atoms with E-state index >= 15 is 0 Å². The molecule has 0 unspecified atom stereocenters. The number of carbonyl (C=O) groups is 1. The highest BCUT2D eigenvalue weighted by molar-refractivity contribution is 9.11. The number of carboxylic acids is 1. The minimum atomic E-state index is -3.91. The number of benzene rings is 1. The Morgan fingerprint density at radius 3 is 2.33 bits per heavy atom. The van der Waals surface area contributed by atoms with Gasteiger partial charge in [-0.2, -0.15) is 4.72 Å². The van der Waals surface area contributed by atoms with Crippen molar-refractivity contribution in [3.8, 4) is 0 Å². The van der Waals surface area contributed by atoms with Crippen LogP contribution in [0.4, 0.5) is 0 Å². The first-order valence-corrected chi connectivity index (χ1v) is 7.85. The van der Waals surface area contributed by atoms with Crippen LogP contribution in [0.15, 0.2) is 32.0 Å². The number of hydrogen-bond donors (Lipinski definition) is 2. The Hall–Kier alpha value is -0.440. The van der Waals surface area contributed by atoms with Crippen molar-refractivity contribution in [3.05, 3.63) is 27.1 Å². The lowest BCUT2D eigenvalue weighted by molar-refractivity contribution is -0.142. The van der Waals surface area contributed by atoms with Gasteiger partial charge in [0.05, 0.1) is 4.90 Å². The van der Waals surface area contributed by atoms with Crippen LogP contribution in [0.25, 0.3) is 0 Å². The molecule has 5 nitrogen and oxygen atoms in total. The van der Waals surface area contributed by atoms with Crippen LogP contribution in [0.3, 0.4) is 0 Å². The smallest absolute Gasteiger partial charge is 0.324 e. The van der Waals surface area contributed by atoms with Crippen molar-refractivity contribution in [1.29, 1.82) is 0 Å². The number of hydrogen-bond acceptors (Lipinski definition) is 3. The Morgan fingerprint density at radius 1 is 1.33 bits per heavy atom. The third-order valence-electron chi connectivity index (χ3n) is 2.11. The molecule has 0 amide bonds. The van der Waals surface area contributed by atoms with Gasteiger partial charge >= 0.3 is 5.97 Å². The fraction of sp³-hybridized carbons (Fsp3) is 0.300. The van der Waals surface area contributed by atoms with Crippen LogP contribution < -0.4 is 4.72 Å². The van der Waals surface area contributed by atoms with Gasteiger partial charge in [-0.25, -0.2) is 8.42 Å². The summed E-state index contributed by atoms with van der Waals surface area (Å²) >= 11 is 6.34. The molecule has 8 heteroatoms. The minimum absolute atomic E-state index is 0.0139. The largest absolute Gasteiger partial charge is 0.480 e. The fourth-order valence-corrected chi connectivity index (χ4v) is 4.25. The van der Waals surface area contributed by atoms with Gasteiger partial charge in [-0.1, -0.05) is 15.9 Å². The number of nitrogens with one attached hydrogen (secondary N) is 1. The first-order chi connectivity index (χ1) is 8.06. The molecule has 0 radical (unpaired) electrons. The van der Waals surface area contributed by atoms with Crippen LogP contribution in [-0.4, -0.2) is 25.0 Å². The number of carboxylic acid groups (broad SMARTS) is 1. The zero-order valence-electron chi connectivity index (χ0n) is 9.57. The molecule has 1 aromatic carbocycles. The van der Waals surface area contributed by atoms with Gasteiger partial charge in [-0.15, -0.1) is 0 Å². The average molecular weight is 401 g/mol. The first-order valence-electron chi connectivity index (χ1n) is 4.79. The molecule has 100 valence electrons. The lowest BCUT2D eigenvalue weighted by Gasteiger charge is -2.21. The lowest BCUT2D eigenvalue weighted by Crippen LogP contribution is -2.49. The van der Waals surface area contributed by atoms with Crippen LogP contribution in [-0.2, 0) is 14.8 Å². The van der Waals surface area contributed by atoms with Gasteiger partial charge in [-0.3, -0.25) is 4.79 Å². The van der Waals surface area contributed by atoms with Crippen molar-refractivity contribution in [2.45, 2.75) is 24.3 Å². The summed E-state index contributed by atoms with van der Waals surface area (Å²) in [4.78, 5) is 10.9. The molecule has 0 saturated carbocycles. The molecule has 1 aromatic rings. The molecule has 0 aliphatic rings. The number of sulfonamides is 1. The molecule has 1 rings (SSSR count). The summed E-state index contributed by atoms with van der Waals surface area (Å²) in [5.41, 5.74) is -1.58. The molecule has 0 aliphatic heterocycles. The number of aliphatic carboxylic acids is 1. The molecule has 18 heavy (non-hydrogen) atoms. The first kappa shape index (κ1) is 15.6. The van der Waals surface area contributed by atoms with Gasteiger partial charge in [0.2, 0.25) is 10.0 Å². The normalized spacial score (nSPS) is 12.4. The van der Waals surface area contributed by atoms with E-state index in [0.717, 1.165) is 0 Å². The summed E-state index contributed by atoms with van der Waals surface area (Å²) in [6.07, 6.45) is 0. The SMILES string of the molecule is CC(C)(NS(=O)(=O)c1ccc(Br)cc1Br)C(=O)O. The molecule has 0 aromatic heterocycles. The van der Waals surface area contributed by atoms with Crippen molar-refractivity contribution < 1.29 is 18.3 Å². The molecular weight excluding hydrogens is 390 g/mol. The molecule has 0 spiro atoms. The predicted molar refractivity (Wildman–Crippen MR) is 73.9 cm³/mol. The Bertz CT molecular complexity index is 584. The van der Waals surface area contributed by atoms with Crippen LogP contribution in [0.1, 0.15) is 13.8 Å². The standard InChI is InChI=1S/C10H11Br2NO4S/c1-10(2,9(14)15)13-18(16,17)8-4-3-6(11)5-7(8)12/h3-5,13H,1-2H3,(H,14,15). The Labute approximate surface area is 122 Å². The Balaban J connectivity index is 3.19. The maximum atomic E-state index is 12.1. The summed E-state index contributed by atoms with van der Waals surface area (Å²) in [5.74, 6) is -1.25. The summed E-state index contributed by atoms with van der Waals surface area (Å²) in [6.45, 7) is 2.55. The van der Waals surface area contributed by atoms with Crippen LogP contribution in [0, 0.1) is 0 Å². The number of halogens is 2. The molecule has 0 fully saturated rings. The summed E-state index contributed by atoms with van der Waals surface area (Å²) in [5, 5.41) is 8.92. The van der Waals surface area contributed by atoms with Gasteiger partial charge in [0.25, 0.3) is 0 Å². The van der Waals surface area contributed by atoms with Gasteiger partial charge in [0, 0.05) is 8.95 Å². The Morgan fingerprint density at radius 2 is 1.89 bits per heavy atom. The third kappa shape index (κ3) is 3.53. The highest BCUT2D eigenvalue weighted by atomic mass is 79.9. The van der Waals surface area contributed by atoms with Crippen LogP contribution >= 0.6 is 31.9 Å². The second kappa shape index (κ2) is 5.28. The predicted octanol–water partition coefficient (Wildman–Crippen LogP) is 2.35. The van der Waals surface area contributed by atoms with E-state index in [9.17, 15) is 13.2 Å². The van der Waals surface area contributed by atoms with Crippen LogP contribution in [0.5, 0.6) is 0 Å². The average Bonchev–Trinajstić information content (AvgIpc) is 2.14. The van der Waals surface area contributed by atoms with Crippen molar-refractivity contribution in [1.82, 2.24) is 4.72 Å². The highest BCUT2D eigenvalue weighted by Gasteiger charge is 2.33. The van der Waals surface area contributed by atoms with Crippen molar-refractivity contribution >= 4 is 47.9 Å². The maximum Gasteiger partial charge on any atom is 0.324 e. The second-order valence-electron chi connectivity index (χ2n) is 4.11. The van der Waals surface area contributed by atoms with E-state index in [1.807, 2.05) is 0 Å². The van der Waals surface area contributed by atoms with Crippen molar-refractivity contribution in [2.24, 2.45) is 0 Å². The zero-order chi connectivity index (χ0) is 14.1. The highest BCUT2D eigenvalue weighted by Crippen LogP contribution is 2.26. The monoisotopic (exact) mass is 399 g/mol. The summed E-state index contributed by atoms with van der Waals surface area (Å²) in [6, 6.07) is 4.52. The molecule has 0 heterocycles. The summed E-state index contributed by atoms with van der Waals surface area (Å²) in [7, 11) is -3.91. The topological polar surface area (TPSA) is 83.5 Å². The quantitative estimate of drug-likeness (QED) is 0.812. The molecule has 0 saturated heterocycles. The van der Waals surface area contributed by atoms with Crippen molar-refractivity contribution in [3.63, 3.8) is 0 Å². The Kier molecular flexibility index (Phi) is 4.58. The van der Waals surface area contributed by atoms with E-state index in [1.165, 1.54) is 19.9 Å². The molecule has 2 N–H and O–H groups in total. The van der Waals surface area contributed by atoms with Crippen molar-refractivity contribution in [2.75, 3.05) is 0 Å². The maximum absolute atomic E-state index is 12.1. The minimum Gasteiger partial charge on any atom is -0.480 e. The molecule has 0 aliphatic carbocycles. The summed E-state index contributed by atoms with van der Waals surface area (Å²) < 4.78 is 27.3. The molecule has 0 bridgehead atoms. The van der Waals surface area contributed by atoms with Gasteiger partial charge in [0.15, 0.2) is 0 Å². The zero-order valence-corrected chi connectivity index (χ0v) is 13.6. The van der Waals surface area contributed by atoms with Crippen LogP contribution in [0.2, 0.25) is 0 Å². The van der Waals surface area contributed by atoms with Gasteiger partial charge in [-0.05, 0) is 48.0 Å². The van der Waals surface area contributed by atoms with E-state index in [1.54, 1.807) is 12.1 Å². The fourth-order valence-electron chi connectivity index (χ4n) is 1.13. The van der Waals surface area contributed by atoms with E-state index in [0.29, 0.717) is 8.95 Å². The van der Waals surface area contributed by atoms with E-state index in [2.05, 4.69) is 36.6 Å². The molecule has 0 atom stereocenters. The van der Waals surface area contributed by atoms with E-state index < -0.39 is 21.5 Å². The van der Waals surface area contributed by atoms with E-state index in [4.69, 9.17) is 5.11 Å². The third-order valence-corrected chi connectivity index (χ3v) is 5.23. The second-order valence-corrected chi connectivity index (χ2v) is 7.53. The molecular formula is C10H11Br2NO4S. The van der Waals surface area contributed by atoms with Gasteiger partial charge in [0.1, 0.15) is 5.54 Å². The lowest BCUT2D eigenvalue weighted by atomic mass is 10.1.